The number of nitrogens with two attached hydrogens (primary N) is 1. The van der Waals surface area contributed by atoms with Crippen LogP contribution in [0, 0.1) is 5.92 Å². The maximum atomic E-state index is 11.3. The topological polar surface area (TPSA) is 81.4 Å². The van der Waals surface area contributed by atoms with Gasteiger partial charge in [-0.25, -0.2) is 4.79 Å². The second-order valence-electron chi connectivity index (χ2n) is 4.00. The van der Waals surface area contributed by atoms with Crippen molar-refractivity contribution in [1.29, 1.82) is 0 Å². The zero-order valence-corrected chi connectivity index (χ0v) is 9.74. The quantitative estimate of drug-likeness (QED) is 0.636. The third-order valence-electron chi connectivity index (χ3n) is 1.92. The molecule has 5 nitrogen and oxygen atoms in total. The Balaban J connectivity index is 4.37. The number of methoxy groups -OCH3 is 1. The molecule has 0 heterocycles. The van der Waals surface area contributed by atoms with Gasteiger partial charge in [0.25, 0.3) is 0 Å². The molecule has 3 N–H and O–H groups in total. The fraction of sp³-hybridized carbons (Fsp3) is 0.800. The molecule has 0 aromatic carbocycles. The van der Waals surface area contributed by atoms with Crippen molar-refractivity contribution >= 4 is 11.9 Å². The van der Waals surface area contributed by atoms with Crippen LogP contribution in [-0.4, -0.2) is 31.1 Å². The van der Waals surface area contributed by atoms with Crippen LogP contribution in [0.3, 0.4) is 0 Å². The van der Waals surface area contributed by atoms with Crippen molar-refractivity contribution in [1.82, 2.24) is 5.32 Å². The van der Waals surface area contributed by atoms with E-state index in [-0.39, 0.29) is 5.91 Å². The molecule has 2 atom stereocenters. The molecule has 0 unspecified atom stereocenters. The summed E-state index contributed by atoms with van der Waals surface area (Å²) < 4.78 is 4.60. The Hall–Kier alpha value is -1.10. The van der Waals surface area contributed by atoms with E-state index in [1.807, 2.05) is 13.8 Å². The molecule has 0 saturated heterocycles. The van der Waals surface area contributed by atoms with E-state index >= 15 is 0 Å². The number of carbonyl (C=O) groups excluding carboxylic acids is 2. The van der Waals surface area contributed by atoms with Crippen LogP contribution in [0.15, 0.2) is 0 Å². The summed E-state index contributed by atoms with van der Waals surface area (Å²) in [6.45, 7) is 5.50. The average Bonchev–Trinajstić information content (AvgIpc) is 2.14. The number of carbonyl (C=O) groups is 2. The highest BCUT2D eigenvalue weighted by molar-refractivity contribution is 5.87. The van der Waals surface area contributed by atoms with Crippen molar-refractivity contribution < 1.29 is 14.3 Å². The summed E-state index contributed by atoms with van der Waals surface area (Å²) in [5.41, 5.74) is 5.39. The maximum Gasteiger partial charge on any atom is 0.328 e. The Morgan fingerprint density at radius 1 is 1.33 bits per heavy atom. The van der Waals surface area contributed by atoms with E-state index in [1.54, 1.807) is 6.92 Å². The van der Waals surface area contributed by atoms with Crippen molar-refractivity contribution in [3.8, 4) is 0 Å². The summed E-state index contributed by atoms with van der Waals surface area (Å²) in [5.74, 6) is -0.480. The molecule has 1 amide bonds. The van der Waals surface area contributed by atoms with Gasteiger partial charge >= 0.3 is 5.97 Å². The first-order valence-corrected chi connectivity index (χ1v) is 5.02. The van der Waals surface area contributed by atoms with Gasteiger partial charge < -0.3 is 15.8 Å². The number of amides is 1. The first-order chi connectivity index (χ1) is 6.88. The lowest BCUT2D eigenvalue weighted by Gasteiger charge is -2.19. The molecule has 15 heavy (non-hydrogen) atoms. The molecule has 0 fully saturated rings. The van der Waals surface area contributed by atoms with E-state index in [1.165, 1.54) is 7.11 Å². The van der Waals surface area contributed by atoms with Crippen LogP contribution < -0.4 is 11.1 Å². The molecule has 0 radical (unpaired) electrons. The van der Waals surface area contributed by atoms with Gasteiger partial charge in [0, 0.05) is 0 Å². The Morgan fingerprint density at radius 3 is 2.20 bits per heavy atom. The second-order valence-corrected chi connectivity index (χ2v) is 4.00. The Morgan fingerprint density at radius 2 is 1.87 bits per heavy atom. The highest BCUT2D eigenvalue weighted by Crippen LogP contribution is 2.06. The van der Waals surface area contributed by atoms with Crippen LogP contribution in [0.1, 0.15) is 27.2 Å². The highest BCUT2D eigenvalue weighted by atomic mass is 16.5. The average molecular weight is 216 g/mol. The lowest BCUT2D eigenvalue weighted by molar-refractivity contribution is -0.145. The largest absolute Gasteiger partial charge is 0.467 e. The molecule has 0 saturated carbocycles. The Labute approximate surface area is 90.4 Å². The summed E-state index contributed by atoms with van der Waals surface area (Å²) >= 11 is 0. The zero-order chi connectivity index (χ0) is 12.0. The van der Waals surface area contributed by atoms with Crippen LogP contribution >= 0.6 is 0 Å². The van der Waals surface area contributed by atoms with Gasteiger partial charge in [-0.2, -0.15) is 0 Å². The minimum absolute atomic E-state index is 0.294. The predicted molar refractivity (Wildman–Crippen MR) is 57.1 cm³/mol. The van der Waals surface area contributed by atoms with E-state index in [0.717, 1.165) is 0 Å². The molecule has 0 aromatic heterocycles. The summed E-state index contributed by atoms with van der Waals surface area (Å²) in [7, 11) is 1.30. The van der Waals surface area contributed by atoms with E-state index in [0.29, 0.717) is 12.3 Å². The zero-order valence-electron chi connectivity index (χ0n) is 9.74. The number of nitrogens with one attached hydrogen (secondary N) is 1. The summed E-state index contributed by atoms with van der Waals surface area (Å²) in [6.07, 6.45) is 0.547. The SMILES string of the molecule is COC(=O)[C@H](CC(C)C)NC(=O)[C@H](C)N. The lowest BCUT2D eigenvalue weighted by atomic mass is 10.0. The molecule has 0 bridgehead atoms. The number of hydrogen-bond donors (Lipinski definition) is 2. The van der Waals surface area contributed by atoms with Gasteiger partial charge in [-0.1, -0.05) is 13.8 Å². The minimum Gasteiger partial charge on any atom is -0.467 e. The van der Waals surface area contributed by atoms with Gasteiger partial charge in [0.1, 0.15) is 6.04 Å². The fourth-order valence-corrected chi connectivity index (χ4v) is 1.13. The van der Waals surface area contributed by atoms with Gasteiger partial charge in [-0.15, -0.1) is 0 Å². The predicted octanol–water partition coefficient (Wildman–Crippen LogP) is 0.0375. The van der Waals surface area contributed by atoms with Crippen molar-refractivity contribution in [3.63, 3.8) is 0 Å². The van der Waals surface area contributed by atoms with E-state index in [2.05, 4.69) is 10.1 Å². The van der Waals surface area contributed by atoms with Crippen LogP contribution in [0.25, 0.3) is 0 Å². The molecule has 0 spiro atoms. The monoisotopic (exact) mass is 216 g/mol. The summed E-state index contributed by atoms with van der Waals surface area (Å²) in [4.78, 5) is 22.6. The third-order valence-corrected chi connectivity index (χ3v) is 1.92. The molecule has 0 aromatic rings. The number of rotatable bonds is 5. The van der Waals surface area contributed by atoms with Gasteiger partial charge in [-0.3, -0.25) is 4.79 Å². The smallest absolute Gasteiger partial charge is 0.328 e. The molecule has 5 heteroatoms. The fourth-order valence-electron chi connectivity index (χ4n) is 1.13. The van der Waals surface area contributed by atoms with Crippen LogP contribution in [-0.2, 0) is 14.3 Å². The first kappa shape index (κ1) is 13.9. The maximum absolute atomic E-state index is 11.3. The molecule has 0 aliphatic heterocycles. The van der Waals surface area contributed by atoms with E-state index in [4.69, 9.17) is 5.73 Å². The molecular weight excluding hydrogens is 196 g/mol. The van der Waals surface area contributed by atoms with Crippen LogP contribution in [0.5, 0.6) is 0 Å². The van der Waals surface area contributed by atoms with Gasteiger partial charge in [0.2, 0.25) is 5.91 Å². The Kier molecular flexibility index (Phi) is 5.93. The summed E-state index contributed by atoms with van der Waals surface area (Å²) in [5, 5.41) is 2.56. The molecule has 0 rings (SSSR count). The van der Waals surface area contributed by atoms with Gasteiger partial charge in [0.15, 0.2) is 0 Å². The normalized spacial score (nSPS) is 14.5. The minimum atomic E-state index is -0.621. The van der Waals surface area contributed by atoms with Gasteiger partial charge in [0.05, 0.1) is 13.2 Å². The molecule has 0 aliphatic carbocycles. The first-order valence-electron chi connectivity index (χ1n) is 5.02. The number of hydrogen-bond acceptors (Lipinski definition) is 4. The van der Waals surface area contributed by atoms with Crippen molar-refractivity contribution in [3.05, 3.63) is 0 Å². The third kappa shape index (κ3) is 5.37. The molecule has 0 aliphatic rings. The number of esters is 1. The highest BCUT2D eigenvalue weighted by Gasteiger charge is 2.23. The lowest BCUT2D eigenvalue weighted by Crippen LogP contribution is -2.48. The number of ether oxygens (including phenoxy) is 1. The molecular formula is C10H20N2O3. The Bertz CT molecular complexity index is 227. The summed E-state index contributed by atoms with van der Waals surface area (Å²) in [6, 6.07) is -1.22. The van der Waals surface area contributed by atoms with E-state index in [9.17, 15) is 9.59 Å². The van der Waals surface area contributed by atoms with Gasteiger partial charge in [-0.05, 0) is 19.3 Å². The standard InChI is InChI=1S/C10H20N2O3/c1-6(2)5-8(10(14)15-4)12-9(13)7(3)11/h6-8H,5,11H2,1-4H3,(H,12,13)/t7-,8-/m0/s1. The second kappa shape index (κ2) is 6.40. The van der Waals surface area contributed by atoms with Crippen LogP contribution in [0.2, 0.25) is 0 Å². The molecule has 88 valence electrons. The van der Waals surface area contributed by atoms with Crippen LogP contribution in [0.4, 0.5) is 0 Å². The van der Waals surface area contributed by atoms with E-state index < -0.39 is 18.1 Å². The van der Waals surface area contributed by atoms with Crippen molar-refractivity contribution in [2.24, 2.45) is 11.7 Å². The van der Waals surface area contributed by atoms with Crippen molar-refractivity contribution in [2.45, 2.75) is 39.3 Å². The van der Waals surface area contributed by atoms with Crippen molar-refractivity contribution in [2.75, 3.05) is 7.11 Å².